The molecule has 4 rings (SSSR count). The van der Waals surface area contributed by atoms with Gasteiger partial charge in [0.25, 0.3) is 0 Å². The second kappa shape index (κ2) is 7.14. The Morgan fingerprint density at radius 1 is 1.04 bits per heavy atom. The molecule has 0 saturated heterocycles. The Kier molecular flexibility index (Phi) is 4.38. The fraction of sp³-hybridized carbons (Fsp3) is 0.167. The zero-order valence-electron chi connectivity index (χ0n) is 14.3. The SMILES string of the molecule is CCCNc1nc(Nc2cnccn2)nc2c1ncn2-c1ccccc1. The lowest BCUT2D eigenvalue weighted by molar-refractivity contribution is 0.968. The molecule has 0 radical (unpaired) electrons. The highest BCUT2D eigenvalue weighted by Gasteiger charge is 2.14. The Hall–Kier alpha value is -3.55. The minimum absolute atomic E-state index is 0.439. The van der Waals surface area contributed by atoms with Gasteiger partial charge in [-0.05, 0) is 18.6 Å². The molecular formula is C18H18N8. The number of aromatic nitrogens is 6. The van der Waals surface area contributed by atoms with Crippen molar-refractivity contribution in [3.05, 3.63) is 55.2 Å². The van der Waals surface area contributed by atoms with Gasteiger partial charge in [0.1, 0.15) is 6.33 Å². The molecule has 8 heteroatoms. The van der Waals surface area contributed by atoms with E-state index in [1.807, 2.05) is 34.9 Å². The summed E-state index contributed by atoms with van der Waals surface area (Å²) in [4.78, 5) is 22.0. The second-order valence-electron chi connectivity index (χ2n) is 5.66. The van der Waals surface area contributed by atoms with Gasteiger partial charge in [0, 0.05) is 24.6 Å². The summed E-state index contributed by atoms with van der Waals surface area (Å²) in [5, 5.41) is 6.43. The van der Waals surface area contributed by atoms with Gasteiger partial charge < -0.3 is 10.6 Å². The number of para-hydroxylation sites is 1. The minimum Gasteiger partial charge on any atom is -0.368 e. The van der Waals surface area contributed by atoms with Gasteiger partial charge in [-0.15, -0.1) is 0 Å². The van der Waals surface area contributed by atoms with Crippen LogP contribution in [0.4, 0.5) is 17.6 Å². The van der Waals surface area contributed by atoms with Gasteiger partial charge in [-0.3, -0.25) is 9.55 Å². The van der Waals surface area contributed by atoms with Gasteiger partial charge in [-0.1, -0.05) is 25.1 Å². The molecule has 0 amide bonds. The third-order valence-electron chi connectivity index (χ3n) is 3.78. The molecule has 0 unspecified atom stereocenters. The first-order valence-corrected chi connectivity index (χ1v) is 8.42. The highest BCUT2D eigenvalue weighted by atomic mass is 15.2. The summed E-state index contributed by atoms with van der Waals surface area (Å²) in [5.74, 6) is 1.71. The molecule has 8 nitrogen and oxygen atoms in total. The minimum atomic E-state index is 0.439. The smallest absolute Gasteiger partial charge is 0.232 e. The molecule has 4 aromatic rings. The molecule has 26 heavy (non-hydrogen) atoms. The highest BCUT2D eigenvalue weighted by molar-refractivity contribution is 5.85. The quantitative estimate of drug-likeness (QED) is 0.554. The van der Waals surface area contributed by atoms with E-state index in [2.05, 4.69) is 42.5 Å². The summed E-state index contributed by atoms with van der Waals surface area (Å²) < 4.78 is 1.94. The van der Waals surface area contributed by atoms with Crippen molar-refractivity contribution in [1.82, 2.24) is 29.5 Å². The van der Waals surface area contributed by atoms with E-state index in [0.29, 0.717) is 17.6 Å². The molecule has 0 aliphatic heterocycles. The van der Waals surface area contributed by atoms with Crippen LogP contribution in [0.2, 0.25) is 0 Å². The summed E-state index contributed by atoms with van der Waals surface area (Å²) in [5.41, 5.74) is 2.43. The molecule has 0 fully saturated rings. The normalized spacial score (nSPS) is 10.8. The monoisotopic (exact) mass is 346 g/mol. The molecule has 130 valence electrons. The predicted octanol–water partition coefficient (Wildman–Crippen LogP) is 3.17. The molecule has 0 saturated carbocycles. The van der Waals surface area contributed by atoms with Gasteiger partial charge in [-0.2, -0.15) is 9.97 Å². The molecule has 0 bridgehead atoms. The van der Waals surface area contributed by atoms with Crippen LogP contribution in [0.15, 0.2) is 55.2 Å². The van der Waals surface area contributed by atoms with Crippen LogP contribution in [0, 0.1) is 0 Å². The Labute approximate surface area is 150 Å². The summed E-state index contributed by atoms with van der Waals surface area (Å²) in [6, 6.07) is 9.97. The number of hydrogen-bond acceptors (Lipinski definition) is 7. The molecule has 1 aromatic carbocycles. The van der Waals surface area contributed by atoms with E-state index in [1.165, 1.54) is 0 Å². The van der Waals surface area contributed by atoms with Crippen molar-refractivity contribution in [3.8, 4) is 5.69 Å². The van der Waals surface area contributed by atoms with Crippen LogP contribution < -0.4 is 10.6 Å². The van der Waals surface area contributed by atoms with Crippen LogP contribution in [-0.4, -0.2) is 36.0 Å². The van der Waals surface area contributed by atoms with E-state index in [9.17, 15) is 0 Å². The lowest BCUT2D eigenvalue weighted by Crippen LogP contribution is -2.07. The zero-order valence-corrected chi connectivity index (χ0v) is 14.3. The fourth-order valence-corrected chi connectivity index (χ4v) is 2.58. The molecule has 0 aliphatic carbocycles. The second-order valence-corrected chi connectivity index (χ2v) is 5.66. The number of fused-ring (bicyclic) bond motifs is 1. The van der Waals surface area contributed by atoms with Gasteiger partial charge >= 0.3 is 0 Å². The van der Waals surface area contributed by atoms with E-state index >= 15 is 0 Å². The molecule has 2 N–H and O–H groups in total. The Morgan fingerprint density at radius 2 is 1.92 bits per heavy atom. The van der Waals surface area contributed by atoms with Gasteiger partial charge in [0.05, 0.1) is 6.20 Å². The van der Waals surface area contributed by atoms with Gasteiger partial charge in [0.2, 0.25) is 5.95 Å². The maximum Gasteiger partial charge on any atom is 0.232 e. The Morgan fingerprint density at radius 3 is 2.69 bits per heavy atom. The maximum atomic E-state index is 4.65. The number of nitrogens with zero attached hydrogens (tertiary/aromatic N) is 6. The zero-order chi connectivity index (χ0) is 17.8. The average molecular weight is 346 g/mol. The summed E-state index contributed by atoms with van der Waals surface area (Å²) >= 11 is 0. The number of anilines is 3. The average Bonchev–Trinajstić information content (AvgIpc) is 3.12. The van der Waals surface area contributed by atoms with Crippen molar-refractivity contribution in [2.24, 2.45) is 0 Å². The lowest BCUT2D eigenvalue weighted by atomic mass is 10.3. The molecule has 3 heterocycles. The van der Waals surface area contributed by atoms with E-state index < -0.39 is 0 Å². The van der Waals surface area contributed by atoms with Crippen LogP contribution in [0.5, 0.6) is 0 Å². The van der Waals surface area contributed by atoms with Crippen molar-refractivity contribution in [2.45, 2.75) is 13.3 Å². The van der Waals surface area contributed by atoms with Crippen LogP contribution in [-0.2, 0) is 0 Å². The highest BCUT2D eigenvalue weighted by Crippen LogP contribution is 2.24. The fourth-order valence-electron chi connectivity index (χ4n) is 2.58. The van der Waals surface area contributed by atoms with Crippen LogP contribution in [0.1, 0.15) is 13.3 Å². The largest absolute Gasteiger partial charge is 0.368 e. The molecule has 3 aromatic heterocycles. The third kappa shape index (κ3) is 3.16. The molecule has 0 spiro atoms. The predicted molar refractivity (Wildman–Crippen MR) is 101 cm³/mol. The lowest BCUT2D eigenvalue weighted by Gasteiger charge is -2.10. The van der Waals surface area contributed by atoms with Crippen molar-refractivity contribution in [1.29, 1.82) is 0 Å². The van der Waals surface area contributed by atoms with Gasteiger partial charge in [-0.25, -0.2) is 9.97 Å². The number of rotatable bonds is 6. The summed E-state index contributed by atoms with van der Waals surface area (Å²) in [7, 11) is 0. The van der Waals surface area contributed by atoms with Gasteiger partial charge in [0.15, 0.2) is 22.8 Å². The first-order valence-electron chi connectivity index (χ1n) is 8.42. The number of hydrogen-bond donors (Lipinski definition) is 2. The first kappa shape index (κ1) is 15.9. The maximum absolute atomic E-state index is 4.65. The Bertz CT molecular complexity index is 998. The van der Waals surface area contributed by atoms with Crippen molar-refractivity contribution >= 4 is 28.7 Å². The van der Waals surface area contributed by atoms with Crippen molar-refractivity contribution in [2.75, 3.05) is 17.2 Å². The first-order chi connectivity index (χ1) is 12.8. The van der Waals surface area contributed by atoms with E-state index in [4.69, 9.17) is 0 Å². The number of benzene rings is 1. The molecule has 0 aliphatic rings. The number of nitrogens with one attached hydrogen (secondary N) is 2. The summed E-state index contributed by atoms with van der Waals surface area (Å²) in [6.45, 7) is 2.90. The summed E-state index contributed by atoms with van der Waals surface area (Å²) in [6.07, 6.45) is 7.61. The number of imidazole rings is 1. The third-order valence-corrected chi connectivity index (χ3v) is 3.78. The van der Waals surface area contributed by atoms with Crippen LogP contribution >= 0.6 is 0 Å². The standard InChI is InChI=1S/C18H18N8/c1-2-8-21-16-15-17(26(12-22-15)13-6-4-3-5-7-13)25-18(24-16)23-14-11-19-9-10-20-14/h3-7,9-12H,2,8H2,1H3,(H2,20,21,23,24,25). The van der Waals surface area contributed by atoms with E-state index in [0.717, 1.165) is 29.8 Å². The van der Waals surface area contributed by atoms with Crippen molar-refractivity contribution in [3.63, 3.8) is 0 Å². The van der Waals surface area contributed by atoms with Crippen molar-refractivity contribution < 1.29 is 0 Å². The molecule has 0 atom stereocenters. The topological polar surface area (TPSA) is 93.4 Å². The van der Waals surface area contributed by atoms with Crippen LogP contribution in [0.3, 0.4) is 0 Å². The van der Waals surface area contributed by atoms with E-state index in [-0.39, 0.29) is 0 Å². The Balaban J connectivity index is 1.82. The van der Waals surface area contributed by atoms with Crippen LogP contribution in [0.25, 0.3) is 16.9 Å². The van der Waals surface area contributed by atoms with E-state index in [1.54, 1.807) is 24.9 Å². The molecular weight excluding hydrogens is 328 g/mol.